The molecule has 0 radical (unpaired) electrons. The van der Waals surface area contributed by atoms with Crippen LogP contribution in [-0.2, 0) is 40.6 Å². The molecule has 2 fully saturated rings. The fourth-order valence-electron chi connectivity index (χ4n) is 10.4. The molecule has 0 saturated carbocycles. The maximum atomic E-state index is 16.2. The van der Waals surface area contributed by atoms with E-state index in [1.54, 1.807) is 37.6 Å². The van der Waals surface area contributed by atoms with E-state index in [9.17, 15) is 34.3 Å². The molecule has 2 aliphatic rings. The highest BCUT2D eigenvalue weighted by Crippen LogP contribution is 2.53. The molecule has 7 rings (SSSR count). The SMILES string of the molecule is COc1cc(C(=O)NCCOCCOCC(=O)N[C@H](C(=O)N2C[C@H](O)C[C@H]2C(=O)NCc2ccc(-c3scnc3C)cc2)C(C)(C)C)ccc1NC(=O)[C@@H]1N[C@@H](CC(C)(C)C)[C@](C#N)(c2ccc(Cl)cc2F)[C@H]1c1cccc(Cl)c1F. The van der Waals surface area contributed by atoms with Crippen molar-refractivity contribution in [3.8, 4) is 22.3 Å². The van der Waals surface area contributed by atoms with Crippen LogP contribution >= 0.6 is 34.5 Å². The highest BCUT2D eigenvalue weighted by molar-refractivity contribution is 7.13. The van der Waals surface area contributed by atoms with Crippen molar-refractivity contribution < 1.29 is 52.1 Å². The maximum Gasteiger partial charge on any atom is 0.251 e. The number of carbonyl (C=O) groups excluding carboxylic acids is 5. The van der Waals surface area contributed by atoms with E-state index in [4.69, 9.17) is 37.4 Å². The number of nitrogens with one attached hydrogen (secondary N) is 5. The Morgan fingerprint density at radius 1 is 0.951 bits per heavy atom. The van der Waals surface area contributed by atoms with E-state index in [1.807, 2.05) is 52.0 Å². The smallest absolute Gasteiger partial charge is 0.251 e. The molecule has 22 heteroatoms. The number of rotatable bonds is 21. The van der Waals surface area contributed by atoms with Crippen molar-refractivity contribution >= 4 is 69.8 Å². The van der Waals surface area contributed by atoms with Gasteiger partial charge >= 0.3 is 0 Å². The number of nitriles is 1. The van der Waals surface area contributed by atoms with Crippen molar-refractivity contribution in [2.24, 2.45) is 10.8 Å². The van der Waals surface area contributed by atoms with E-state index >= 15 is 8.78 Å². The zero-order valence-corrected chi connectivity index (χ0v) is 48.7. The lowest BCUT2D eigenvalue weighted by atomic mass is 9.62. The van der Waals surface area contributed by atoms with Crippen LogP contribution in [0.3, 0.4) is 0 Å². The van der Waals surface area contributed by atoms with Gasteiger partial charge in [-0.2, -0.15) is 5.26 Å². The van der Waals surface area contributed by atoms with Crippen molar-refractivity contribution in [2.75, 3.05) is 51.9 Å². The summed E-state index contributed by atoms with van der Waals surface area (Å²) < 4.78 is 49.1. The fraction of sp³-hybridized carbons (Fsp3) is 0.441. The summed E-state index contributed by atoms with van der Waals surface area (Å²) in [5, 5.41) is 36.2. The number of methoxy groups -OCH3 is 1. The minimum Gasteiger partial charge on any atom is -0.495 e. The van der Waals surface area contributed by atoms with Gasteiger partial charge in [-0.25, -0.2) is 13.8 Å². The highest BCUT2D eigenvalue weighted by atomic mass is 35.5. The van der Waals surface area contributed by atoms with Crippen LogP contribution in [0.1, 0.15) is 93.0 Å². The number of nitrogens with zero attached hydrogens (tertiary/aromatic N) is 3. The van der Waals surface area contributed by atoms with Gasteiger partial charge in [0.25, 0.3) is 5.91 Å². The fourth-order valence-corrected chi connectivity index (χ4v) is 11.6. The predicted molar refractivity (Wildman–Crippen MR) is 305 cm³/mol. The molecule has 1 aromatic heterocycles. The first-order valence-electron chi connectivity index (χ1n) is 26.4. The van der Waals surface area contributed by atoms with E-state index in [-0.39, 0.29) is 90.5 Å². The summed E-state index contributed by atoms with van der Waals surface area (Å²) in [7, 11) is 1.35. The Labute approximate surface area is 484 Å². The van der Waals surface area contributed by atoms with Crippen LogP contribution in [-0.4, -0.2) is 121 Å². The van der Waals surface area contributed by atoms with E-state index in [1.165, 1.54) is 60.5 Å². The number of thiazole rings is 1. The molecule has 0 aliphatic carbocycles. The number of amides is 5. The summed E-state index contributed by atoms with van der Waals surface area (Å²) in [5.41, 5.74) is 1.72. The molecular weight excluding hydrogens is 1110 g/mol. The first-order chi connectivity index (χ1) is 38.4. The molecule has 2 saturated heterocycles. The highest BCUT2D eigenvalue weighted by Gasteiger charge is 2.61. The lowest BCUT2D eigenvalue weighted by Crippen LogP contribution is -2.58. The Morgan fingerprint density at radius 2 is 1.68 bits per heavy atom. The van der Waals surface area contributed by atoms with Crippen LogP contribution in [0.4, 0.5) is 14.5 Å². The van der Waals surface area contributed by atoms with E-state index in [2.05, 4.69) is 37.6 Å². The number of β-amino-alcohol motifs (C(OH)–C–C–N with tert-alkyl or cyclic N) is 1. The average molecular weight is 1170 g/mol. The van der Waals surface area contributed by atoms with Gasteiger partial charge in [-0.1, -0.05) is 107 Å². The summed E-state index contributed by atoms with van der Waals surface area (Å²) in [4.78, 5) is 75.2. The molecule has 2 aliphatic heterocycles. The van der Waals surface area contributed by atoms with Crippen molar-refractivity contribution in [2.45, 2.75) is 109 Å². The molecule has 0 unspecified atom stereocenters. The Bertz CT molecular complexity index is 3150. The zero-order chi connectivity index (χ0) is 59.0. The topological polar surface area (TPSA) is 233 Å². The first-order valence-corrected chi connectivity index (χ1v) is 28.0. The number of halogens is 4. The molecule has 0 bridgehead atoms. The number of carbonyl (C=O) groups is 5. The Hall–Kier alpha value is -6.57. The van der Waals surface area contributed by atoms with Gasteiger partial charge in [0.05, 0.1) is 71.9 Å². The molecule has 17 nitrogen and oxygen atoms in total. The Balaban J connectivity index is 0.891. The van der Waals surface area contributed by atoms with Crippen molar-refractivity contribution in [1.82, 2.24) is 31.2 Å². The summed E-state index contributed by atoms with van der Waals surface area (Å²) >= 11 is 14.0. The normalized spacial score (nSPS) is 20.3. The minimum atomic E-state index is -1.85. The summed E-state index contributed by atoms with van der Waals surface area (Å²) in [6.45, 7) is 13.1. The van der Waals surface area contributed by atoms with Crippen LogP contribution < -0.4 is 31.3 Å². The number of aliphatic hydroxyl groups excluding tert-OH is 1. The lowest BCUT2D eigenvalue weighted by Gasteiger charge is -2.37. The standard InChI is InChI=1S/C59H68Cl2F2N8O9S/c1-33-51(81-32-67-33)35-14-12-34(13-15-35)28-66-54(75)44-26-38(72)29-71(44)56(77)52(58(5,6)7)70-47(73)30-80-23-22-79-21-20-65-53(74)36-16-19-43(45(24-36)78-8)68-55(76)50-48(39-10-9-11-41(61)49(39)63)59(31-64,46(69-50)27-57(2,3)4)40-18-17-37(60)25-42(40)62/h9-19,24-25,32,38,44,46,48,50,52,69,72H,20-23,26-30H2,1-8H3,(H,65,74)(H,66,75)(H,68,76)(H,70,73)/t38-,44+,46+,48+,50-,52-,59+/m1/s1. The number of benzene rings is 4. The number of aryl methyl sites for hydroxylation is 1. The molecule has 432 valence electrons. The number of aliphatic hydroxyl groups is 1. The van der Waals surface area contributed by atoms with Crippen molar-refractivity contribution in [3.63, 3.8) is 0 Å². The van der Waals surface area contributed by atoms with Crippen LogP contribution in [0.2, 0.25) is 10.0 Å². The second-order valence-corrected chi connectivity index (χ2v) is 24.2. The monoisotopic (exact) mass is 1170 g/mol. The van der Waals surface area contributed by atoms with Gasteiger partial charge in [-0.15, -0.1) is 11.3 Å². The van der Waals surface area contributed by atoms with Gasteiger partial charge < -0.3 is 50.8 Å². The molecule has 5 aromatic rings. The van der Waals surface area contributed by atoms with Crippen molar-refractivity contribution in [1.29, 1.82) is 5.26 Å². The zero-order valence-electron chi connectivity index (χ0n) is 46.4. The second kappa shape index (κ2) is 26.6. The molecule has 81 heavy (non-hydrogen) atoms. The van der Waals surface area contributed by atoms with Crippen LogP contribution in [0, 0.1) is 40.7 Å². The summed E-state index contributed by atoms with van der Waals surface area (Å²) in [6, 6.07) is 18.4. The summed E-state index contributed by atoms with van der Waals surface area (Å²) in [5.74, 6) is -5.55. The quantitative estimate of drug-likeness (QED) is 0.0382. The molecular formula is C59H68Cl2F2N8O9S. The third kappa shape index (κ3) is 14.7. The largest absolute Gasteiger partial charge is 0.495 e. The van der Waals surface area contributed by atoms with E-state index in [0.29, 0.717) is 0 Å². The van der Waals surface area contributed by atoms with Gasteiger partial charge in [-0.3, -0.25) is 24.0 Å². The lowest BCUT2D eigenvalue weighted by molar-refractivity contribution is -0.144. The maximum absolute atomic E-state index is 16.2. The Morgan fingerprint density at radius 3 is 2.33 bits per heavy atom. The van der Waals surface area contributed by atoms with Gasteiger partial charge in [0.15, 0.2) is 0 Å². The Kier molecular flexibility index (Phi) is 20.3. The molecule has 3 heterocycles. The van der Waals surface area contributed by atoms with Crippen LogP contribution in [0.5, 0.6) is 5.75 Å². The molecule has 0 spiro atoms. The summed E-state index contributed by atoms with van der Waals surface area (Å²) in [6.07, 6.45) is -0.612. The van der Waals surface area contributed by atoms with Crippen molar-refractivity contribution in [3.05, 3.63) is 134 Å². The van der Waals surface area contributed by atoms with Gasteiger partial charge in [-0.05, 0) is 77.3 Å². The predicted octanol–water partition coefficient (Wildman–Crippen LogP) is 8.24. The average Bonchev–Trinajstić information content (AvgIpc) is 4.36. The number of likely N-dealkylation sites (tertiary alicyclic amines) is 1. The van der Waals surface area contributed by atoms with Gasteiger partial charge in [0, 0.05) is 54.2 Å². The third-order valence-electron chi connectivity index (χ3n) is 14.3. The number of hydrogen-bond acceptors (Lipinski definition) is 13. The van der Waals surface area contributed by atoms with Gasteiger partial charge in [0.2, 0.25) is 23.6 Å². The van der Waals surface area contributed by atoms with E-state index in [0.717, 1.165) is 27.8 Å². The first kappa shape index (κ1) is 62.0. The third-order valence-corrected chi connectivity index (χ3v) is 15.8. The number of anilines is 1. The minimum absolute atomic E-state index is 0.00592. The number of ether oxygens (including phenoxy) is 3. The second-order valence-electron chi connectivity index (χ2n) is 22.5. The number of aromatic nitrogens is 1. The molecule has 6 N–H and O–H groups in total. The number of hydrogen-bond donors (Lipinski definition) is 6. The molecule has 4 aromatic carbocycles. The van der Waals surface area contributed by atoms with Crippen LogP contribution in [0.15, 0.2) is 84.4 Å². The van der Waals surface area contributed by atoms with Crippen LogP contribution in [0.25, 0.3) is 10.4 Å². The van der Waals surface area contributed by atoms with E-state index < -0.39 is 100 Å². The molecule has 7 atom stereocenters. The molecule has 5 amide bonds. The van der Waals surface area contributed by atoms with Gasteiger partial charge in [0.1, 0.15) is 41.5 Å².